The van der Waals surface area contributed by atoms with E-state index in [0.29, 0.717) is 5.56 Å². The van der Waals surface area contributed by atoms with Crippen molar-refractivity contribution >= 4 is 15.5 Å². The lowest BCUT2D eigenvalue weighted by Crippen LogP contribution is -2.08. The number of hydrogen-bond acceptors (Lipinski definition) is 5. The van der Waals surface area contributed by atoms with Crippen molar-refractivity contribution in [1.82, 2.24) is 0 Å². The maximum atomic E-state index is 12.4. The van der Waals surface area contributed by atoms with E-state index in [1.54, 1.807) is 12.1 Å². The van der Waals surface area contributed by atoms with Crippen LogP contribution >= 0.6 is 0 Å². The summed E-state index contributed by atoms with van der Waals surface area (Å²) in [6.45, 7) is 0. The predicted molar refractivity (Wildman–Crippen MR) is 75.1 cm³/mol. The van der Waals surface area contributed by atoms with Crippen LogP contribution < -0.4 is 0 Å². The molecule has 2 rings (SSSR count). The van der Waals surface area contributed by atoms with Gasteiger partial charge in [-0.15, -0.1) is 0 Å². The topological polar surface area (TPSA) is 101 Å². The molecule has 0 aromatic heterocycles. The van der Waals surface area contributed by atoms with Crippen molar-refractivity contribution in [1.29, 1.82) is 5.26 Å². The van der Waals surface area contributed by atoms with Gasteiger partial charge < -0.3 is 0 Å². The highest BCUT2D eigenvalue weighted by molar-refractivity contribution is 7.90. The Morgan fingerprint density at radius 2 is 1.71 bits per heavy atom. The standard InChI is InChI=1S/C14H10N2O4S/c15-9-11-5-1-2-6-12(11)10-21(19,20)14-8-4-3-7-13(14)16(17)18/h1-8H,10H2. The van der Waals surface area contributed by atoms with Crippen molar-refractivity contribution in [2.24, 2.45) is 0 Å². The highest BCUT2D eigenvalue weighted by atomic mass is 32.2. The summed E-state index contributed by atoms with van der Waals surface area (Å²) in [5.41, 5.74) is 0.0877. The van der Waals surface area contributed by atoms with E-state index in [0.717, 1.165) is 6.07 Å². The Balaban J connectivity index is 2.50. The molecule has 0 aliphatic rings. The highest BCUT2D eigenvalue weighted by Gasteiger charge is 2.26. The van der Waals surface area contributed by atoms with Gasteiger partial charge in [0.2, 0.25) is 0 Å². The molecule has 21 heavy (non-hydrogen) atoms. The fraction of sp³-hybridized carbons (Fsp3) is 0.0714. The van der Waals surface area contributed by atoms with Crippen LogP contribution in [0.25, 0.3) is 0 Å². The summed E-state index contributed by atoms with van der Waals surface area (Å²) in [4.78, 5) is 9.86. The lowest BCUT2D eigenvalue weighted by atomic mass is 10.1. The van der Waals surface area contributed by atoms with E-state index >= 15 is 0 Å². The van der Waals surface area contributed by atoms with Crippen LogP contribution in [0.5, 0.6) is 0 Å². The molecule has 2 aromatic rings. The summed E-state index contributed by atoms with van der Waals surface area (Å²) in [6.07, 6.45) is 0. The molecule has 0 saturated heterocycles. The summed E-state index contributed by atoms with van der Waals surface area (Å²) in [5.74, 6) is -0.457. The van der Waals surface area contributed by atoms with Crippen LogP contribution in [0, 0.1) is 21.4 Å². The molecule has 0 aliphatic heterocycles. The van der Waals surface area contributed by atoms with Crippen LogP contribution in [0.15, 0.2) is 53.4 Å². The van der Waals surface area contributed by atoms with Crippen LogP contribution in [-0.4, -0.2) is 13.3 Å². The Morgan fingerprint density at radius 1 is 1.10 bits per heavy atom. The van der Waals surface area contributed by atoms with Crippen LogP contribution in [-0.2, 0) is 15.6 Å². The third kappa shape index (κ3) is 3.07. The van der Waals surface area contributed by atoms with E-state index in [1.807, 2.05) is 6.07 Å². The Labute approximate surface area is 121 Å². The van der Waals surface area contributed by atoms with Crippen molar-refractivity contribution < 1.29 is 13.3 Å². The first kappa shape index (κ1) is 14.7. The van der Waals surface area contributed by atoms with Crippen molar-refractivity contribution in [2.75, 3.05) is 0 Å². The molecule has 0 atom stereocenters. The average Bonchev–Trinajstić information content (AvgIpc) is 2.47. The van der Waals surface area contributed by atoms with E-state index in [2.05, 4.69) is 0 Å². The molecular formula is C14H10N2O4S. The number of hydrogen-bond donors (Lipinski definition) is 0. The third-order valence-corrected chi connectivity index (χ3v) is 4.59. The van der Waals surface area contributed by atoms with Gasteiger partial charge >= 0.3 is 0 Å². The van der Waals surface area contributed by atoms with Crippen molar-refractivity contribution in [3.05, 3.63) is 69.8 Å². The Hall–Kier alpha value is -2.72. The first-order valence-electron chi connectivity index (χ1n) is 5.90. The largest absolute Gasteiger partial charge is 0.287 e. The zero-order valence-electron chi connectivity index (χ0n) is 10.8. The summed E-state index contributed by atoms with van der Waals surface area (Å²) < 4.78 is 24.8. The lowest BCUT2D eigenvalue weighted by Gasteiger charge is -2.06. The maximum Gasteiger partial charge on any atom is 0.287 e. The Bertz CT molecular complexity index is 838. The fourth-order valence-corrected chi connectivity index (χ4v) is 3.47. The molecule has 0 radical (unpaired) electrons. The van der Waals surface area contributed by atoms with Crippen molar-refractivity contribution in [2.45, 2.75) is 10.6 Å². The fourth-order valence-electron chi connectivity index (χ4n) is 1.91. The zero-order valence-corrected chi connectivity index (χ0v) is 11.6. The van der Waals surface area contributed by atoms with Crippen LogP contribution in [0.1, 0.15) is 11.1 Å². The molecular weight excluding hydrogens is 292 g/mol. The van der Waals surface area contributed by atoms with Gasteiger partial charge in [-0.1, -0.05) is 30.3 Å². The molecule has 0 N–H and O–H groups in total. The summed E-state index contributed by atoms with van der Waals surface area (Å²) in [7, 11) is -3.91. The van der Waals surface area contributed by atoms with Gasteiger partial charge in [0.05, 0.1) is 22.3 Å². The summed E-state index contributed by atoms with van der Waals surface area (Å²) in [5, 5.41) is 19.9. The third-order valence-electron chi connectivity index (χ3n) is 2.88. The number of nitro groups is 1. The van der Waals surface area contributed by atoms with Gasteiger partial charge in [-0.25, -0.2) is 8.42 Å². The normalized spacial score (nSPS) is 10.8. The Morgan fingerprint density at radius 3 is 2.38 bits per heavy atom. The zero-order chi connectivity index (χ0) is 15.5. The molecule has 0 fully saturated rings. The monoisotopic (exact) mass is 302 g/mol. The number of para-hydroxylation sites is 1. The predicted octanol–water partition coefficient (Wildman–Crippen LogP) is 2.44. The van der Waals surface area contributed by atoms with Gasteiger partial charge in [-0.2, -0.15) is 5.26 Å². The minimum Gasteiger partial charge on any atom is -0.258 e. The quantitative estimate of drug-likeness (QED) is 0.637. The second kappa shape index (κ2) is 5.73. The van der Waals surface area contributed by atoms with Gasteiger partial charge in [-0.3, -0.25) is 10.1 Å². The van der Waals surface area contributed by atoms with E-state index in [1.165, 1.54) is 30.3 Å². The molecule has 0 unspecified atom stereocenters. The number of nitro benzene ring substituents is 1. The minimum atomic E-state index is -3.91. The van der Waals surface area contributed by atoms with Crippen LogP contribution in [0.2, 0.25) is 0 Å². The molecule has 0 spiro atoms. The van der Waals surface area contributed by atoms with E-state index < -0.39 is 26.2 Å². The van der Waals surface area contributed by atoms with Gasteiger partial charge in [0, 0.05) is 6.07 Å². The molecule has 106 valence electrons. The molecule has 0 amide bonds. The number of nitriles is 1. The summed E-state index contributed by atoms with van der Waals surface area (Å²) in [6, 6.07) is 13.3. The highest BCUT2D eigenvalue weighted by Crippen LogP contribution is 2.26. The number of nitrogens with zero attached hydrogens (tertiary/aromatic N) is 2. The van der Waals surface area contributed by atoms with E-state index in [4.69, 9.17) is 5.26 Å². The van der Waals surface area contributed by atoms with Crippen molar-refractivity contribution in [3.8, 4) is 6.07 Å². The summed E-state index contributed by atoms with van der Waals surface area (Å²) >= 11 is 0. The van der Waals surface area contributed by atoms with Gasteiger partial charge in [-0.05, 0) is 17.7 Å². The smallest absolute Gasteiger partial charge is 0.258 e. The minimum absolute atomic E-state index is 0.236. The molecule has 2 aromatic carbocycles. The number of benzene rings is 2. The first-order valence-corrected chi connectivity index (χ1v) is 7.55. The lowest BCUT2D eigenvalue weighted by molar-refractivity contribution is -0.387. The molecule has 0 aliphatic carbocycles. The maximum absolute atomic E-state index is 12.4. The average molecular weight is 302 g/mol. The molecule has 0 bridgehead atoms. The molecule has 0 heterocycles. The molecule has 6 nitrogen and oxygen atoms in total. The van der Waals surface area contributed by atoms with Crippen LogP contribution in [0.3, 0.4) is 0 Å². The van der Waals surface area contributed by atoms with Gasteiger partial charge in [0.1, 0.15) is 4.90 Å². The number of sulfone groups is 1. The Kier molecular flexibility index (Phi) is 4.00. The van der Waals surface area contributed by atoms with E-state index in [9.17, 15) is 18.5 Å². The van der Waals surface area contributed by atoms with E-state index in [-0.39, 0.29) is 10.5 Å². The molecule has 7 heteroatoms. The SMILES string of the molecule is N#Cc1ccccc1CS(=O)(=O)c1ccccc1[N+](=O)[O-]. The molecule has 0 saturated carbocycles. The second-order valence-corrected chi connectivity index (χ2v) is 6.21. The number of rotatable bonds is 4. The second-order valence-electron chi connectivity index (χ2n) is 4.25. The first-order chi connectivity index (χ1) is 9.95. The van der Waals surface area contributed by atoms with Crippen molar-refractivity contribution in [3.63, 3.8) is 0 Å². The van der Waals surface area contributed by atoms with Crippen LogP contribution in [0.4, 0.5) is 5.69 Å². The van der Waals surface area contributed by atoms with Gasteiger partial charge in [0.15, 0.2) is 9.84 Å². The van der Waals surface area contributed by atoms with Gasteiger partial charge in [0.25, 0.3) is 5.69 Å².